The van der Waals surface area contributed by atoms with Gasteiger partial charge in [0.05, 0.1) is 13.7 Å². The number of carbonyl (C=O) groups excluding carboxylic acids is 2. The van der Waals surface area contributed by atoms with E-state index in [0.717, 1.165) is 55.4 Å². The molecule has 33 heavy (non-hydrogen) atoms. The third-order valence-electron chi connectivity index (χ3n) is 5.96. The zero-order valence-electron chi connectivity index (χ0n) is 19.3. The van der Waals surface area contributed by atoms with Crippen LogP contribution in [0.5, 0.6) is 5.75 Å². The number of amides is 2. The average Bonchev–Trinajstić information content (AvgIpc) is 3.40. The van der Waals surface area contributed by atoms with E-state index in [1.807, 2.05) is 18.2 Å². The predicted octanol–water partition coefficient (Wildman–Crippen LogP) is 0.969. The van der Waals surface area contributed by atoms with Gasteiger partial charge in [-0.25, -0.2) is 0 Å². The van der Waals surface area contributed by atoms with Gasteiger partial charge in [-0.05, 0) is 55.6 Å². The quantitative estimate of drug-likeness (QED) is 0.608. The number of aromatic nitrogens is 2. The molecule has 4 rings (SSSR count). The van der Waals surface area contributed by atoms with Crippen LogP contribution in [-0.4, -0.2) is 64.3 Å². The number of ether oxygens (including phenoxy) is 1. The van der Waals surface area contributed by atoms with Gasteiger partial charge in [-0.1, -0.05) is 0 Å². The van der Waals surface area contributed by atoms with Crippen molar-refractivity contribution in [3.05, 3.63) is 46.3 Å². The van der Waals surface area contributed by atoms with Gasteiger partial charge < -0.3 is 25.8 Å². The first-order valence-corrected chi connectivity index (χ1v) is 10.9. The van der Waals surface area contributed by atoms with Gasteiger partial charge in [0, 0.05) is 43.8 Å². The summed E-state index contributed by atoms with van der Waals surface area (Å²) in [4.78, 5) is 35.7. The van der Waals surface area contributed by atoms with E-state index < -0.39 is 11.9 Å². The zero-order valence-corrected chi connectivity index (χ0v) is 19.3. The van der Waals surface area contributed by atoms with Crippen molar-refractivity contribution in [1.82, 2.24) is 20.0 Å². The summed E-state index contributed by atoms with van der Waals surface area (Å²) in [5.41, 5.74) is 9.15. The molecule has 0 bridgehead atoms. The maximum absolute atomic E-state index is 13.2. The average molecular weight is 458 g/mol. The Bertz CT molecular complexity index is 1040. The second-order valence-corrected chi connectivity index (χ2v) is 8.35. The summed E-state index contributed by atoms with van der Waals surface area (Å²) >= 11 is 0. The maximum Gasteiger partial charge on any atom is 0.300 e. The Morgan fingerprint density at radius 2 is 2.06 bits per heavy atom. The molecule has 4 N–H and O–H groups in total. The minimum atomic E-state index is -0.833. The van der Waals surface area contributed by atoms with E-state index in [1.54, 1.807) is 23.7 Å². The third-order valence-corrected chi connectivity index (χ3v) is 5.96. The van der Waals surface area contributed by atoms with Crippen LogP contribution in [0.25, 0.3) is 0 Å². The van der Waals surface area contributed by atoms with Gasteiger partial charge in [0.1, 0.15) is 5.75 Å². The number of carbonyl (C=O) groups is 3. The smallest absolute Gasteiger partial charge is 0.300 e. The Labute approximate surface area is 192 Å². The van der Waals surface area contributed by atoms with Crippen LogP contribution in [0.2, 0.25) is 0 Å². The molecular formula is C23H31N5O5. The van der Waals surface area contributed by atoms with Crippen molar-refractivity contribution < 1.29 is 24.2 Å². The topological polar surface area (TPSA) is 140 Å². The number of nitrogens with zero attached hydrogens (tertiary/aromatic N) is 3. The number of hydrogen-bond donors (Lipinski definition) is 3. The second kappa shape index (κ2) is 10.5. The van der Waals surface area contributed by atoms with Gasteiger partial charge in [-0.2, -0.15) is 5.10 Å². The SMILES string of the molecule is CC(=O)O.COc1ccc(C(=O)N2CCc3c(c(C(N)=O)nn3C)C2)cc1CC1CCNC1. The van der Waals surface area contributed by atoms with Crippen molar-refractivity contribution in [3.63, 3.8) is 0 Å². The first-order chi connectivity index (χ1) is 15.7. The minimum absolute atomic E-state index is 0.0524. The molecule has 1 fully saturated rings. The molecule has 1 aromatic carbocycles. The van der Waals surface area contributed by atoms with Crippen molar-refractivity contribution in [1.29, 1.82) is 0 Å². The number of fused-ring (bicyclic) bond motifs is 1. The van der Waals surface area contributed by atoms with E-state index in [4.69, 9.17) is 20.4 Å². The van der Waals surface area contributed by atoms with Crippen LogP contribution >= 0.6 is 0 Å². The molecule has 1 saturated heterocycles. The molecule has 2 aliphatic heterocycles. The lowest BCUT2D eigenvalue weighted by atomic mass is 9.96. The number of carboxylic acid groups (broad SMARTS) is 1. The van der Waals surface area contributed by atoms with Crippen molar-refractivity contribution in [2.24, 2.45) is 18.7 Å². The highest BCUT2D eigenvalue weighted by atomic mass is 16.5. The number of aryl methyl sites for hydroxylation is 1. The molecule has 0 saturated carbocycles. The molecule has 10 heteroatoms. The van der Waals surface area contributed by atoms with E-state index >= 15 is 0 Å². The number of methoxy groups -OCH3 is 1. The van der Waals surface area contributed by atoms with Crippen LogP contribution in [0, 0.1) is 5.92 Å². The van der Waals surface area contributed by atoms with Crippen LogP contribution in [0.1, 0.15) is 51.0 Å². The van der Waals surface area contributed by atoms with Gasteiger partial charge in [0.15, 0.2) is 5.69 Å². The number of benzene rings is 1. The number of hydrogen-bond acceptors (Lipinski definition) is 6. The van der Waals surface area contributed by atoms with Crippen LogP contribution < -0.4 is 15.8 Å². The number of rotatable bonds is 5. The molecule has 0 aliphatic carbocycles. The molecular weight excluding hydrogens is 426 g/mol. The summed E-state index contributed by atoms with van der Waals surface area (Å²) in [7, 11) is 3.46. The Balaban J connectivity index is 0.000000709. The summed E-state index contributed by atoms with van der Waals surface area (Å²) < 4.78 is 7.21. The van der Waals surface area contributed by atoms with Crippen molar-refractivity contribution in [2.75, 3.05) is 26.7 Å². The molecule has 178 valence electrons. The molecule has 1 unspecified atom stereocenters. The summed E-state index contributed by atoms with van der Waals surface area (Å²) in [6.45, 7) is 4.04. The lowest BCUT2D eigenvalue weighted by Crippen LogP contribution is -2.37. The fourth-order valence-electron chi connectivity index (χ4n) is 4.42. The van der Waals surface area contributed by atoms with E-state index in [9.17, 15) is 9.59 Å². The molecule has 2 amide bonds. The van der Waals surface area contributed by atoms with Crippen molar-refractivity contribution >= 4 is 17.8 Å². The molecule has 10 nitrogen and oxygen atoms in total. The molecule has 0 spiro atoms. The van der Waals surface area contributed by atoms with E-state index in [-0.39, 0.29) is 11.6 Å². The highest BCUT2D eigenvalue weighted by Gasteiger charge is 2.29. The van der Waals surface area contributed by atoms with Gasteiger partial charge in [-0.15, -0.1) is 0 Å². The molecule has 0 radical (unpaired) electrons. The first kappa shape index (κ1) is 24.2. The van der Waals surface area contributed by atoms with Crippen LogP contribution in [-0.2, 0) is 31.2 Å². The maximum atomic E-state index is 13.2. The third kappa shape index (κ3) is 5.70. The Morgan fingerprint density at radius 3 is 2.67 bits per heavy atom. The van der Waals surface area contributed by atoms with E-state index in [2.05, 4.69) is 10.4 Å². The molecule has 1 atom stereocenters. The van der Waals surface area contributed by atoms with E-state index in [0.29, 0.717) is 31.0 Å². The van der Waals surface area contributed by atoms with Crippen LogP contribution in [0.4, 0.5) is 0 Å². The van der Waals surface area contributed by atoms with Crippen LogP contribution in [0.15, 0.2) is 18.2 Å². The Kier molecular flexibility index (Phi) is 7.70. The van der Waals surface area contributed by atoms with Crippen LogP contribution in [0.3, 0.4) is 0 Å². The van der Waals surface area contributed by atoms with Crippen molar-refractivity contribution in [3.8, 4) is 5.75 Å². The second-order valence-electron chi connectivity index (χ2n) is 8.35. The lowest BCUT2D eigenvalue weighted by molar-refractivity contribution is -0.134. The zero-order chi connectivity index (χ0) is 24.1. The number of primary amides is 1. The molecule has 1 aromatic heterocycles. The monoisotopic (exact) mass is 457 g/mol. The predicted molar refractivity (Wildman–Crippen MR) is 121 cm³/mol. The minimum Gasteiger partial charge on any atom is -0.496 e. The van der Waals surface area contributed by atoms with Gasteiger partial charge in [0.25, 0.3) is 17.8 Å². The normalized spacial score (nSPS) is 17.1. The standard InChI is InChI=1S/C21H27N5O3.C2H4O2/c1-25-17-6-8-26(12-16(17)19(24-25)20(22)27)21(28)14-3-4-18(29-2)15(10-14)9-13-5-7-23-11-13;1-2(3)4/h3-4,10,13,23H,5-9,11-12H2,1-2H3,(H2,22,27);1H3,(H,3,4). The first-order valence-electron chi connectivity index (χ1n) is 10.9. The molecule has 2 aromatic rings. The van der Waals surface area contributed by atoms with Gasteiger partial charge >= 0.3 is 0 Å². The number of aliphatic carboxylic acids is 1. The largest absolute Gasteiger partial charge is 0.496 e. The number of nitrogens with one attached hydrogen (secondary N) is 1. The Morgan fingerprint density at radius 1 is 1.33 bits per heavy atom. The summed E-state index contributed by atoms with van der Waals surface area (Å²) in [6, 6.07) is 5.64. The van der Waals surface area contributed by atoms with E-state index in [1.165, 1.54) is 0 Å². The highest BCUT2D eigenvalue weighted by molar-refractivity contribution is 5.96. The number of carboxylic acids is 1. The highest BCUT2D eigenvalue weighted by Crippen LogP contribution is 2.28. The summed E-state index contributed by atoms with van der Waals surface area (Å²) in [6.07, 6.45) is 2.66. The molecule has 2 aliphatic rings. The lowest BCUT2D eigenvalue weighted by Gasteiger charge is -2.28. The fourth-order valence-corrected chi connectivity index (χ4v) is 4.42. The number of nitrogens with two attached hydrogens (primary N) is 1. The summed E-state index contributed by atoms with van der Waals surface area (Å²) in [5.74, 6) is -0.0746. The fraction of sp³-hybridized carbons (Fsp3) is 0.478. The summed E-state index contributed by atoms with van der Waals surface area (Å²) in [5, 5.41) is 15.0. The van der Waals surface area contributed by atoms with Gasteiger partial charge in [-0.3, -0.25) is 19.1 Å². The molecule has 3 heterocycles. The van der Waals surface area contributed by atoms with Gasteiger partial charge in [0.2, 0.25) is 0 Å². The Hall–Kier alpha value is -3.40. The van der Waals surface area contributed by atoms with Crippen molar-refractivity contribution in [2.45, 2.75) is 32.7 Å².